The van der Waals surface area contributed by atoms with Crippen LogP contribution in [0.15, 0.2) is 51.7 Å². The molecule has 0 aliphatic carbocycles. The second-order valence-corrected chi connectivity index (χ2v) is 5.72. The fourth-order valence-corrected chi connectivity index (χ4v) is 2.73. The normalized spacial score (nSPS) is 10.8. The van der Waals surface area contributed by atoms with Crippen molar-refractivity contribution in [2.75, 3.05) is 0 Å². The highest BCUT2D eigenvalue weighted by molar-refractivity contribution is 5.80. The van der Waals surface area contributed by atoms with Gasteiger partial charge in [0.1, 0.15) is 17.9 Å². The Morgan fingerprint density at radius 2 is 2.00 bits per heavy atom. The number of nitrogens with zero attached hydrogens (tertiary/aromatic N) is 1. The Balaban J connectivity index is 1.95. The van der Waals surface area contributed by atoms with Crippen LogP contribution in [0.4, 0.5) is 5.69 Å². The van der Waals surface area contributed by atoms with Gasteiger partial charge in [-0.3, -0.25) is 10.1 Å². The molecule has 0 radical (unpaired) electrons. The number of nitro groups is 1. The highest BCUT2D eigenvalue weighted by atomic mass is 16.6. The van der Waals surface area contributed by atoms with Crippen LogP contribution in [-0.2, 0) is 13.0 Å². The van der Waals surface area contributed by atoms with Gasteiger partial charge in [-0.2, -0.15) is 0 Å². The van der Waals surface area contributed by atoms with Gasteiger partial charge in [-0.05, 0) is 31.0 Å². The number of rotatable bonds is 5. The van der Waals surface area contributed by atoms with E-state index in [-0.39, 0.29) is 12.3 Å². The minimum atomic E-state index is -0.449. The molecule has 1 heterocycles. The third-order valence-corrected chi connectivity index (χ3v) is 4.14. The van der Waals surface area contributed by atoms with Crippen LogP contribution in [0.1, 0.15) is 23.6 Å². The van der Waals surface area contributed by atoms with E-state index in [0.29, 0.717) is 22.5 Å². The molecule has 6 heteroatoms. The van der Waals surface area contributed by atoms with Crippen molar-refractivity contribution < 1.29 is 14.1 Å². The van der Waals surface area contributed by atoms with Crippen molar-refractivity contribution in [1.82, 2.24) is 0 Å². The summed E-state index contributed by atoms with van der Waals surface area (Å²) >= 11 is 0. The summed E-state index contributed by atoms with van der Waals surface area (Å²) in [5.74, 6) is 0.417. The van der Waals surface area contributed by atoms with Gasteiger partial charge in [0, 0.05) is 23.1 Å². The number of nitro benzene ring substituents is 1. The van der Waals surface area contributed by atoms with E-state index in [1.807, 2.05) is 25.1 Å². The third-order valence-electron chi connectivity index (χ3n) is 4.14. The number of benzene rings is 2. The fourth-order valence-electron chi connectivity index (χ4n) is 2.73. The van der Waals surface area contributed by atoms with Crippen molar-refractivity contribution in [3.05, 3.63) is 79.7 Å². The molecule has 0 aliphatic rings. The lowest BCUT2D eigenvalue weighted by Crippen LogP contribution is -2.05. The van der Waals surface area contributed by atoms with Crippen molar-refractivity contribution in [2.45, 2.75) is 26.9 Å². The summed E-state index contributed by atoms with van der Waals surface area (Å²) in [6, 6.07) is 11.8. The zero-order chi connectivity index (χ0) is 18.0. The number of aryl methyl sites for hydroxylation is 1. The van der Waals surface area contributed by atoms with E-state index in [4.69, 9.17) is 9.15 Å². The Morgan fingerprint density at radius 3 is 2.72 bits per heavy atom. The average Bonchev–Trinajstić information content (AvgIpc) is 2.59. The van der Waals surface area contributed by atoms with Crippen molar-refractivity contribution in [2.24, 2.45) is 0 Å². The topological polar surface area (TPSA) is 82.6 Å². The van der Waals surface area contributed by atoms with Gasteiger partial charge < -0.3 is 9.15 Å². The van der Waals surface area contributed by atoms with E-state index in [1.54, 1.807) is 19.1 Å². The Hall–Kier alpha value is -3.15. The summed E-state index contributed by atoms with van der Waals surface area (Å²) in [5, 5.41) is 11.8. The van der Waals surface area contributed by atoms with E-state index >= 15 is 0 Å². The van der Waals surface area contributed by atoms with Gasteiger partial charge in [0.15, 0.2) is 0 Å². The van der Waals surface area contributed by atoms with E-state index in [1.165, 1.54) is 12.1 Å². The van der Waals surface area contributed by atoms with Crippen LogP contribution in [0, 0.1) is 17.0 Å². The first-order chi connectivity index (χ1) is 12.0. The maximum absolute atomic E-state index is 11.8. The number of fused-ring (bicyclic) bond motifs is 1. The van der Waals surface area contributed by atoms with Crippen LogP contribution in [0.3, 0.4) is 0 Å². The largest absolute Gasteiger partial charge is 0.488 e. The van der Waals surface area contributed by atoms with Crippen LogP contribution in [-0.4, -0.2) is 4.92 Å². The van der Waals surface area contributed by atoms with E-state index in [2.05, 4.69) is 0 Å². The van der Waals surface area contributed by atoms with Gasteiger partial charge in [0.25, 0.3) is 5.69 Å². The lowest BCUT2D eigenvalue weighted by atomic mass is 10.1. The summed E-state index contributed by atoms with van der Waals surface area (Å²) in [5.41, 5.74) is 2.27. The minimum absolute atomic E-state index is 0.00233. The summed E-state index contributed by atoms with van der Waals surface area (Å²) in [6.45, 7) is 3.78. The lowest BCUT2D eigenvalue weighted by molar-refractivity contribution is -0.385. The molecule has 0 fully saturated rings. The molecular formula is C19H17NO5. The fraction of sp³-hybridized carbons (Fsp3) is 0.211. The molecule has 1 aromatic heterocycles. The van der Waals surface area contributed by atoms with Crippen LogP contribution < -0.4 is 10.4 Å². The van der Waals surface area contributed by atoms with Gasteiger partial charge >= 0.3 is 5.63 Å². The molecule has 6 nitrogen and oxygen atoms in total. The molecule has 0 spiro atoms. The second-order valence-electron chi connectivity index (χ2n) is 5.72. The quantitative estimate of drug-likeness (QED) is 0.396. The van der Waals surface area contributed by atoms with Crippen molar-refractivity contribution >= 4 is 16.7 Å². The zero-order valence-corrected chi connectivity index (χ0v) is 13.9. The monoisotopic (exact) mass is 339 g/mol. The first kappa shape index (κ1) is 16.7. The summed E-state index contributed by atoms with van der Waals surface area (Å²) in [4.78, 5) is 22.4. The molecule has 0 unspecified atom stereocenters. The molecule has 25 heavy (non-hydrogen) atoms. The van der Waals surface area contributed by atoms with Gasteiger partial charge in [-0.25, -0.2) is 4.79 Å². The molecule has 0 aliphatic heterocycles. The average molecular weight is 339 g/mol. The number of hydrogen-bond acceptors (Lipinski definition) is 5. The Morgan fingerprint density at radius 1 is 1.20 bits per heavy atom. The molecule has 0 N–H and O–H groups in total. The highest BCUT2D eigenvalue weighted by Gasteiger charge is 2.15. The van der Waals surface area contributed by atoms with Gasteiger partial charge in [-0.1, -0.05) is 25.1 Å². The predicted octanol–water partition coefficient (Wildman–Crippen LogP) is 4.15. The van der Waals surface area contributed by atoms with E-state index in [0.717, 1.165) is 17.4 Å². The molecule has 0 saturated carbocycles. The van der Waals surface area contributed by atoms with Crippen LogP contribution in [0.5, 0.6) is 5.75 Å². The van der Waals surface area contributed by atoms with Gasteiger partial charge in [0.2, 0.25) is 0 Å². The summed E-state index contributed by atoms with van der Waals surface area (Å²) in [7, 11) is 0. The number of ether oxygens (including phenoxy) is 1. The molecule has 128 valence electrons. The SMILES string of the molecule is CCc1ccc2c(COc3cccc([N+](=O)[O-])c3C)cc(=O)oc2c1. The van der Waals surface area contributed by atoms with Gasteiger partial charge in [-0.15, -0.1) is 0 Å². The van der Waals surface area contributed by atoms with Crippen molar-refractivity contribution in [3.63, 3.8) is 0 Å². The van der Waals surface area contributed by atoms with Crippen molar-refractivity contribution in [3.8, 4) is 5.75 Å². The Bertz CT molecular complexity index is 1010. The molecule has 0 amide bonds. The predicted molar refractivity (Wildman–Crippen MR) is 94.0 cm³/mol. The van der Waals surface area contributed by atoms with Crippen LogP contribution in [0.25, 0.3) is 11.0 Å². The van der Waals surface area contributed by atoms with Gasteiger partial charge in [0.05, 0.1) is 10.5 Å². The molecule has 2 aromatic carbocycles. The second kappa shape index (κ2) is 6.76. The van der Waals surface area contributed by atoms with Crippen molar-refractivity contribution in [1.29, 1.82) is 0 Å². The van der Waals surface area contributed by atoms with Crippen LogP contribution in [0.2, 0.25) is 0 Å². The highest BCUT2D eigenvalue weighted by Crippen LogP contribution is 2.28. The first-order valence-electron chi connectivity index (χ1n) is 7.92. The maximum Gasteiger partial charge on any atom is 0.336 e. The van der Waals surface area contributed by atoms with E-state index < -0.39 is 10.5 Å². The maximum atomic E-state index is 11.8. The molecular weight excluding hydrogens is 322 g/mol. The molecule has 0 bridgehead atoms. The Kier molecular flexibility index (Phi) is 4.52. The lowest BCUT2D eigenvalue weighted by Gasteiger charge is -2.11. The summed E-state index contributed by atoms with van der Waals surface area (Å²) in [6.07, 6.45) is 0.841. The minimum Gasteiger partial charge on any atom is -0.488 e. The summed E-state index contributed by atoms with van der Waals surface area (Å²) < 4.78 is 11.0. The molecule has 0 saturated heterocycles. The standard InChI is InChI=1S/C19H17NO5/c1-3-13-7-8-15-14(10-19(21)25-18(15)9-13)11-24-17-6-4-5-16(12(17)2)20(22)23/h4-10H,3,11H2,1-2H3. The smallest absolute Gasteiger partial charge is 0.336 e. The molecule has 3 aromatic rings. The Labute approximate surface area is 143 Å². The third kappa shape index (κ3) is 3.38. The molecule has 3 rings (SSSR count). The van der Waals surface area contributed by atoms with E-state index in [9.17, 15) is 14.9 Å². The first-order valence-corrected chi connectivity index (χ1v) is 7.92. The zero-order valence-electron chi connectivity index (χ0n) is 13.9. The van der Waals surface area contributed by atoms with Crippen LogP contribution >= 0.6 is 0 Å². The molecule has 0 atom stereocenters. The number of hydrogen-bond donors (Lipinski definition) is 0.